The summed E-state index contributed by atoms with van der Waals surface area (Å²) in [5.41, 5.74) is 5.52. The van der Waals surface area contributed by atoms with Gasteiger partial charge in [0.05, 0.1) is 17.1 Å². The number of nitrogens with two attached hydrogens (primary N) is 1. The number of anilines is 2. The number of rotatable bonds is 4. The molecular weight excluding hydrogens is 255 g/mol. The van der Waals surface area contributed by atoms with E-state index in [1.807, 2.05) is 20.8 Å². The highest BCUT2D eigenvalue weighted by molar-refractivity contribution is 7.92. The smallest absolute Gasteiger partial charge is 0.232 e. The van der Waals surface area contributed by atoms with Gasteiger partial charge in [-0.3, -0.25) is 4.72 Å². The third-order valence-corrected chi connectivity index (χ3v) is 3.68. The summed E-state index contributed by atoms with van der Waals surface area (Å²) in [5, 5.41) is 0. The van der Waals surface area contributed by atoms with Crippen molar-refractivity contribution >= 4 is 21.4 Å². The Bertz CT molecular complexity index is 521. The monoisotopic (exact) mass is 274 g/mol. The fourth-order valence-electron chi connectivity index (χ4n) is 1.28. The molecule has 0 atom stereocenters. The van der Waals surface area contributed by atoms with Gasteiger partial charge in [0.25, 0.3) is 0 Å². The lowest BCUT2D eigenvalue weighted by Crippen LogP contribution is -2.21. The Balaban J connectivity index is 2.74. The molecule has 102 valence electrons. The number of nitrogens with one attached hydrogen (secondary N) is 1. The molecular formula is C12H19FN2O2S. The van der Waals surface area contributed by atoms with Crippen molar-refractivity contribution in [3.63, 3.8) is 0 Å². The zero-order valence-corrected chi connectivity index (χ0v) is 11.6. The van der Waals surface area contributed by atoms with Crippen LogP contribution in [0.2, 0.25) is 0 Å². The Morgan fingerprint density at radius 1 is 1.33 bits per heavy atom. The number of hydrogen-bond donors (Lipinski definition) is 2. The van der Waals surface area contributed by atoms with Gasteiger partial charge < -0.3 is 5.73 Å². The highest BCUT2D eigenvalue weighted by Gasteiger charge is 2.17. The zero-order chi connectivity index (χ0) is 14.0. The second-order valence-corrected chi connectivity index (χ2v) is 7.31. The second-order valence-electron chi connectivity index (χ2n) is 5.47. The van der Waals surface area contributed by atoms with Crippen molar-refractivity contribution in [2.24, 2.45) is 5.41 Å². The van der Waals surface area contributed by atoms with Crippen LogP contribution in [0.3, 0.4) is 0 Å². The first-order valence-electron chi connectivity index (χ1n) is 5.65. The predicted octanol–water partition coefficient (Wildman–Crippen LogP) is 2.59. The Morgan fingerprint density at radius 2 is 1.94 bits per heavy atom. The molecule has 0 saturated carbocycles. The zero-order valence-electron chi connectivity index (χ0n) is 10.8. The van der Waals surface area contributed by atoms with E-state index in [1.165, 1.54) is 12.1 Å². The van der Waals surface area contributed by atoms with Crippen LogP contribution >= 0.6 is 0 Å². The molecule has 0 amide bonds. The molecule has 0 aliphatic heterocycles. The van der Waals surface area contributed by atoms with Gasteiger partial charge in [-0.1, -0.05) is 20.8 Å². The van der Waals surface area contributed by atoms with E-state index < -0.39 is 15.8 Å². The molecule has 0 heterocycles. The van der Waals surface area contributed by atoms with E-state index in [0.717, 1.165) is 6.07 Å². The standard InChI is InChI=1S/C12H19FN2O2S/c1-12(2,3)6-7-18(16,17)15-9-4-5-10(13)11(14)8-9/h4-5,8,15H,6-7,14H2,1-3H3. The molecule has 0 aromatic heterocycles. The molecule has 0 aliphatic carbocycles. The highest BCUT2D eigenvalue weighted by Crippen LogP contribution is 2.21. The van der Waals surface area contributed by atoms with E-state index in [-0.39, 0.29) is 22.5 Å². The van der Waals surface area contributed by atoms with E-state index >= 15 is 0 Å². The van der Waals surface area contributed by atoms with Crippen molar-refractivity contribution in [2.45, 2.75) is 27.2 Å². The van der Waals surface area contributed by atoms with Crippen molar-refractivity contribution in [2.75, 3.05) is 16.2 Å². The van der Waals surface area contributed by atoms with Crippen LogP contribution in [0.25, 0.3) is 0 Å². The summed E-state index contributed by atoms with van der Waals surface area (Å²) in [6, 6.07) is 3.75. The fraction of sp³-hybridized carbons (Fsp3) is 0.500. The van der Waals surface area contributed by atoms with Crippen LogP contribution in [-0.4, -0.2) is 14.2 Å². The molecule has 1 aromatic carbocycles. The number of nitrogen functional groups attached to an aromatic ring is 1. The summed E-state index contributed by atoms with van der Waals surface area (Å²) < 4.78 is 38.9. The van der Waals surface area contributed by atoms with Gasteiger partial charge in [-0.05, 0) is 30.0 Å². The first-order chi connectivity index (χ1) is 8.09. The molecule has 3 N–H and O–H groups in total. The van der Waals surface area contributed by atoms with Crippen molar-refractivity contribution in [3.05, 3.63) is 24.0 Å². The lowest BCUT2D eigenvalue weighted by Gasteiger charge is -2.18. The maximum absolute atomic E-state index is 12.9. The van der Waals surface area contributed by atoms with Crippen LogP contribution in [0.4, 0.5) is 15.8 Å². The molecule has 4 nitrogen and oxygen atoms in total. The average Bonchev–Trinajstić information content (AvgIpc) is 2.20. The van der Waals surface area contributed by atoms with E-state index in [0.29, 0.717) is 6.42 Å². The maximum atomic E-state index is 12.9. The molecule has 6 heteroatoms. The topological polar surface area (TPSA) is 72.2 Å². The fourth-order valence-corrected chi connectivity index (χ4v) is 2.75. The van der Waals surface area contributed by atoms with Crippen molar-refractivity contribution in [3.8, 4) is 0 Å². The minimum atomic E-state index is -3.43. The largest absolute Gasteiger partial charge is 0.396 e. The number of benzene rings is 1. The van der Waals surface area contributed by atoms with Crippen LogP contribution in [0.15, 0.2) is 18.2 Å². The molecule has 0 radical (unpaired) electrons. The average molecular weight is 274 g/mol. The normalized spacial score (nSPS) is 12.4. The number of hydrogen-bond acceptors (Lipinski definition) is 3. The van der Waals surface area contributed by atoms with Gasteiger partial charge in [0.15, 0.2) is 0 Å². The van der Waals surface area contributed by atoms with Crippen LogP contribution in [0.1, 0.15) is 27.2 Å². The first-order valence-corrected chi connectivity index (χ1v) is 7.30. The lowest BCUT2D eigenvalue weighted by molar-refractivity contribution is 0.397. The molecule has 0 bridgehead atoms. The summed E-state index contributed by atoms with van der Waals surface area (Å²) in [6.07, 6.45) is 0.541. The molecule has 0 aliphatic rings. The van der Waals surface area contributed by atoms with Crippen LogP contribution in [-0.2, 0) is 10.0 Å². The minimum absolute atomic E-state index is 0.0216. The maximum Gasteiger partial charge on any atom is 0.232 e. The Kier molecular flexibility index (Phi) is 4.21. The molecule has 0 unspecified atom stereocenters. The number of halogens is 1. The van der Waals surface area contributed by atoms with Gasteiger partial charge >= 0.3 is 0 Å². The number of sulfonamides is 1. The summed E-state index contributed by atoms with van der Waals surface area (Å²) >= 11 is 0. The predicted molar refractivity (Wildman–Crippen MR) is 72.3 cm³/mol. The lowest BCUT2D eigenvalue weighted by atomic mass is 9.94. The minimum Gasteiger partial charge on any atom is -0.396 e. The van der Waals surface area contributed by atoms with Gasteiger partial charge in [0, 0.05) is 0 Å². The Labute approximate surface area is 107 Å². The quantitative estimate of drug-likeness (QED) is 0.829. The van der Waals surface area contributed by atoms with E-state index in [2.05, 4.69) is 4.72 Å². The Morgan fingerprint density at radius 3 is 2.44 bits per heavy atom. The summed E-state index contributed by atoms with van der Waals surface area (Å²) in [5.74, 6) is -0.541. The van der Waals surface area contributed by atoms with Gasteiger partial charge in [0.1, 0.15) is 5.82 Å². The van der Waals surface area contributed by atoms with Gasteiger partial charge in [-0.15, -0.1) is 0 Å². The molecule has 0 spiro atoms. The van der Waals surface area contributed by atoms with Gasteiger partial charge in [0.2, 0.25) is 10.0 Å². The molecule has 0 fully saturated rings. The third kappa shape index (κ3) is 4.91. The van der Waals surface area contributed by atoms with Crippen molar-refractivity contribution < 1.29 is 12.8 Å². The third-order valence-electron chi connectivity index (χ3n) is 2.39. The Hall–Kier alpha value is -1.30. The van der Waals surface area contributed by atoms with Crippen LogP contribution in [0.5, 0.6) is 0 Å². The van der Waals surface area contributed by atoms with Gasteiger partial charge in [-0.2, -0.15) is 0 Å². The van der Waals surface area contributed by atoms with Crippen molar-refractivity contribution in [1.29, 1.82) is 0 Å². The van der Waals surface area contributed by atoms with Gasteiger partial charge in [-0.25, -0.2) is 12.8 Å². The highest BCUT2D eigenvalue weighted by atomic mass is 32.2. The summed E-state index contributed by atoms with van der Waals surface area (Å²) in [7, 11) is -3.43. The molecule has 1 rings (SSSR count). The van der Waals surface area contributed by atoms with Crippen LogP contribution in [0, 0.1) is 11.2 Å². The van der Waals surface area contributed by atoms with E-state index in [4.69, 9.17) is 5.73 Å². The van der Waals surface area contributed by atoms with E-state index in [9.17, 15) is 12.8 Å². The molecule has 18 heavy (non-hydrogen) atoms. The summed E-state index contributed by atoms with van der Waals surface area (Å²) in [6.45, 7) is 5.91. The van der Waals surface area contributed by atoms with Crippen molar-refractivity contribution in [1.82, 2.24) is 0 Å². The SMILES string of the molecule is CC(C)(C)CCS(=O)(=O)Nc1ccc(F)c(N)c1. The second kappa shape index (κ2) is 5.14. The first kappa shape index (κ1) is 14.8. The van der Waals surface area contributed by atoms with Crippen LogP contribution < -0.4 is 10.5 Å². The molecule has 1 aromatic rings. The van der Waals surface area contributed by atoms with E-state index in [1.54, 1.807) is 0 Å². The molecule has 0 saturated heterocycles. The summed E-state index contributed by atoms with van der Waals surface area (Å²) in [4.78, 5) is 0.